The van der Waals surface area contributed by atoms with Crippen molar-refractivity contribution in [1.82, 2.24) is 9.97 Å². The van der Waals surface area contributed by atoms with Crippen LogP contribution in [0.5, 0.6) is 11.5 Å². The molecule has 5 aromatic rings. The van der Waals surface area contributed by atoms with E-state index in [9.17, 15) is 9.59 Å². The third-order valence-corrected chi connectivity index (χ3v) is 6.10. The molecule has 6 nitrogen and oxygen atoms in total. The van der Waals surface area contributed by atoms with Crippen LogP contribution in [-0.4, -0.2) is 21.5 Å². The number of ketones is 2. The van der Waals surface area contributed by atoms with Crippen molar-refractivity contribution in [2.75, 3.05) is 0 Å². The molecule has 174 valence electrons. The quantitative estimate of drug-likeness (QED) is 0.307. The maximum Gasteiger partial charge on any atom is 0.206 e. The van der Waals surface area contributed by atoms with Crippen LogP contribution in [0.3, 0.4) is 0 Å². The fourth-order valence-electron chi connectivity index (χ4n) is 4.21. The van der Waals surface area contributed by atoms with Gasteiger partial charge in [0.25, 0.3) is 0 Å². The Labute approximate surface area is 206 Å². The molecule has 0 unspecified atom stereocenters. The van der Waals surface area contributed by atoms with Gasteiger partial charge in [0.15, 0.2) is 0 Å². The van der Waals surface area contributed by atoms with Crippen LogP contribution in [0.1, 0.15) is 32.4 Å². The molecule has 0 atom stereocenters. The molecule has 4 aromatic carbocycles. The molecule has 0 N–H and O–H groups in total. The van der Waals surface area contributed by atoms with E-state index >= 15 is 0 Å². The lowest BCUT2D eigenvalue weighted by molar-refractivity contribution is 0.0985. The van der Waals surface area contributed by atoms with Gasteiger partial charge >= 0.3 is 0 Å². The molecule has 0 saturated carbocycles. The van der Waals surface area contributed by atoms with Crippen LogP contribution in [0.2, 0.25) is 0 Å². The Morgan fingerprint density at radius 3 is 1.39 bits per heavy atom. The summed E-state index contributed by atoms with van der Waals surface area (Å²) in [5, 5.41) is 4.33. The molecule has 1 aliphatic carbocycles. The predicted octanol–water partition coefficient (Wildman–Crippen LogP) is 5.88. The molecule has 0 spiro atoms. The molecule has 0 aliphatic heterocycles. The maximum absolute atomic E-state index is 12.4. The van der Waals surface area contributed by atoms with E-state index in [0.717, 1.165) is 21.5 Å². The van der Waals surface area contributed by atoms with E-state index in [1.165, 1.54) is 12.2 Å². The standard InChI is InChI=1S/C30H20N2O4/c33-27-13-14-28(34)30-29(27)31-25(17-35-23-11-9-19-5-1-3-7-21(19)15-23)26(32-30)18-36-24-12-10-20-6-2-4-8-22(20)16-24/h1-16H,17-18H2. The number of hydrogen-bond donors (Lipinski definition) is 0. The summed E-state index contributed by atoms with van der Waals surface area (Å²) in [4.78, 5) is 33.8. The first-order chi connectivity index (χ1) is 17.6. The minimum atomic E-state index is -0.356. The SMILES string of the molecule is O=C1C=CC(=O)c2nc(COc3ccc4ccccc4c3)c(COc3ccc4ccccc4c3)nc21. The van der Waals surface area contributed by atoms with Gasteiger partial charge < -0.3 is 9.47 Å². The first-order valence-corrected chi connectivity index (χ1v) is 11.5. The number of ether oxygens (including phenoxy) is 2. The van der Waals surface area contributed by atoms with Gasteiger partial charge in [-0.15, -0.1) is 0 Å². The summed E-state index contributed by atoms with van der Waals surface area (Å²) in [7, 11) is 0. The van der Waals surface area contributed by atoms with Crippen molar-refractivity contribution in [3.8, 4) is 11.5 Å². The van der Waals surface area contributed by atoms with Crippen molar-refractivity contribution >= 4 is 33.1 Å². The summed E-state index contributed by atoms with van der Waals surface area (Å²) in [6.07, 6.45) is 2.44. The fourth-order valence-corrected chi connectivity index (χ4v) is 4.21. The minimum absolute atomic E-state index is 0.0362. The number of carbonyl (C=O) groups is 2. The zero-order valence-electron chi connectivity index (χ0n) is 19.2. The summed E-state index contributed by atoms with van der Waals surface area (Å²) in [5.41, 5.74) is 0.960. The van der Waals surface area contributed by atoms with Crippen LogP contribution in [-0.2, 0) is 13.2 Å². The summed E-state index contributed by atoms with van der Waals surface area (Å²) >= 11 is 0. The molecule has 0 saturated heterocycles. The highest BCUT2D eigenvalue weighted by atomic mass is 16.5. The van der Waals surface area contributed by atoms with Gasteiger partial charge in [-0.25, -0.2) is 9.97 Å². The summed E-state index contributed by atoms with van der Waals surface area (Å²) in [6, 6.07) is 27.7. The minimum Gasteiger partial charge on any atom is -0.487 e. The van der Waals surface area contributed by atoms with Crippen LogP contribution in [0.25, 0.3) is 21.5 Å². The van der Waals surface area contributed by atoms with Crippen LogP contribution in [0.4, 0.5) is 0 Å². The molecule has 6 heteroatoms. The van der Waals surface area contributed by atoms with E-state index in [1.54, 1.807) is 0 Å². The lowest BCUT2D eigenvalue weighted by Gasteiger charge is -2.15. The smallest absolute Gasteiger partial charge is 0.206 e. The van der Waals surface area contributed by atoms with Gasteiger partial charge in [0, 0.05) is 0 Å². The number of aromatic nitrogens is 2. The van der Waals surface area contributed by atoms with Crippen molar-refractivity contribution in [3.63, 3.8) is 0 Å². The Kier molecular flexibility index (Phi) is 5.46. The van der Waals surface area contributed by atoms with E-state index in [1.807, 2.05) is 84.9 Å². The number of allylic oxidation sites excluding steroid dienone is 2. The Morgan fingerprint density at radius 2 is 0.944 bits per heavy atom. The Bertz CT molecular complexity index is 1570. The normalized spacial score (nSPS) is 12.7. The van der Waals surface area contributed by atoms with Crippen molar-refractivity contribution in [2.24, 2.45) is 0 Å². The number of carbonyl (C=O) groups excluding carboxylic acids is 2. The zero-order chi connectivity index (χ0) is 24.5. The second kappa shape index (κ2) is 9.07. The Hall–Kier alpha value is -4.84. The number of fused-ring (bicyclic) bond motifs is 3. The molecule has 36 heavy (non-hydrogen) atoms. The lowest BCUT2D eigenvalue weighted by atomic mass is 10.0. The molecule has 1 aromatic heterocycles. The third-order valence-electron chi connectivity index (χ3n) is 6.10. The van der Waals surface area contributed by atoms with Crippen LogP contribution < -0.4 is 9.47 Å². The fraction of sp³-hybridized carbons (Fsp3) is 0.0667. The molecular formula is C30H20N2O4. The van der Waals surface area contributed by atoms with Crippen molar-refractivity contribution in [3.05, 3.63) is 120 Å². The van der Waals surface area contributed by atoms with E-state index < -0.39 is 0 Å². The summed E-state index contributed by atoms with van der Waals surface area (Å²) in [6.45, 7) is 0.139. The molecule has 0 amide bonds. The van der Waals surface area contributed by atoms with E-state index in [2.05, 4.69) is 9.97 Å². The maximum atomic E-state index is 12.4. The van der Waals surface area contributed by atoms with Crippen molar-refractivity contribution in [1.29, 1.82) is 0 Å². The monoisotopic (exact) mass is 472 g/mol. The van der Waals surface area contributed by atoms with Gasteiger partial charge in [-0.1, -0.05) is 60.7 Å². The highest BCUT2D eigenvalue weighted by Gasteiger charge is 2.25. The van der Waals surface area contributed by atoms with Crippen molar-refractivity contribution < 1.29 is 19.1 Å². The first kappa shape index (κ1) is 21.7. The second-order valence-electron chi connectivity index (χ2n) is 8.47. The Morgan fingerprint density at radius 1 is 0.528 bits per heavy atom. The number of hydrogen-bond acceptors (Lipinski definition) is 6. The van der Waals surface area contributed by atoms with Gasteiger partial charge in [0.1, 0.15) is 47.5 Å². The molecule has 0 radical (unpaired) electrons. The largest absolute Gasteiger partial charge is 0.487 e. The summed E-state index contributed by atoms with van der Waals surface area (Å²) in [5.74, 6) is 0.617. The number of rotatable bonds is 6. The molecular weight excluding hydrogens is 452 g/mol. The average molecular weight is 473 g/mol. The highest BCUT2D eigenvalue weighted by Crippen LogP contribution is 2.25. The van der Waals surface area contributed by atoms with E-state index in [0.29, 0.717) is 22.9 Å². The molecule has 1 aliphatic rings. The average Bonchev–Trinajstić information content (AvgIpc) is 2.92. The van der Waals surface area contributed by atoms with Crippen LogP contribution in [0.15, 0.2) is 97.1 Å². The van der Waals surface area contributed by atoms with Crippen molar-refractivity contribution in [2.45, 2.75) is 13.2 Å². The predicted molar refractivity (Wildman–Crippen MR) is 136 cm³/mol. The second-order valence-corrected chi connectivity index (χ2v) is 8.47. The van der Waals surface area contributed by atoms with E-state index in [4.69, 9.17) is 9.47 Å². The van der Waals surface area contributed by atoms with Crippen LogP contribution in [0, 0.1) is 0 Å². The van der Waals surface area contributed by atoms with Crippen LogP contribution >= 0.6 is 0 Å². The molecule has 6 rings (SSSR count). The molecule has 1 heterocycles. The van der Waals surface area contributed by atoms with Gasteiger partial charge in [0.2, 0.25) is 11.6 Å². The van der Waals surface area contributed by atoms with E-state index in [-0.39, 0.29) is 36.2 Å². The van der Waals surface area contributed by atoms with Gasteiger partial charge in [-0.3, -0.25) is 9.59 Å². The molecule has 0 fully saturated rings. The highest BCUT2D eigenvalue weighted by molar-refractivity contribution is 6.20. The topological polar surface area (TPSA) is 78.4 Å². The number of benzene rings is 4. The summed E-state index contributed by atoms with van der Waals surface area (Å²) < 4.78 is 12.1. The Balaban J connectivity index is 1.30. The third kappa shape index (κ3) is 4.20. The molecule has 0 bridgehead atoms. The first-order valence-electron chi connectivity index (χ1n) is 11.5. The number of nitrogens with zero attached hydrogens (tertiary/aromatic N) is 2. The van der Waals surface area contributed by atoms with Gasteiger partial charge in [0.05, 0.1) is 0 Å². The zero-order valence-corrected chi connectivity index (χ0v) is 19.2. The van der Waals surface area contributed by atoms with Gasteiger partial charge in [-0.2, -0.15) is 0 Å². The van der Waals surface area contributed by atoms with Gasteiger partial charge in [-0.05, 0) is 58.0 Å². The lowest BCUT2D eigenvalue weighted by Crippen LogP contribution is -2.21.